The van der Waals surface area contributed by atoms with Gasteiger partial charge in [0.2, 0.25) is 12.0 Å². The average Bonchev–Trinajstić information content (AvgIpc) is 3.16. The van der Waals surface area contributed by atoms with Crippen molar-refractivity contribution >= 4 is 23.4 Å². The lowest BCUT2D eigenvalue weighted by Crippen LogP contribution is -2.57. The number of fused-ring (bicyclic) bond motifs is 1. The van der Waals surface area contributed by atoms with E-state index in [4.69, 9.17) is 9.47 Å². The highest BCUT2D eigenvalue weighted by molar-refractivity contribution is 6.22. The summed E-state index contributed by atoms with van der Waals surface area (Å²) < 4.78 is 50.6. The topological polar surface area (TPSA) is 79.4 Å². The van der Waals surface area contributed by atoms with Gasteiger partial charge < -0.3 is 14.4 Å². The van der Waals surface area contributed by atoms with Gasteiger partial charge in [0.1, 0.15) is 6.61 Å². The van der Waals surface area contributed by atoms with E-state index in [1.165, 1.54) is 12.1 Å². The summed E-state index contributed by atoms with van der Waals surface area (Å²) >= 11 is 0. The Labute approximate surface area is 198 Å². The number of carbonyl (C=O) groups is 3. The van der Waals surface area contributed by atoms with Crippen LogP contribution in [0.2, 0.25) is 0 Å². The third-order valence-electron chi connectivity index (χ3n) is 6.41. The molecule has 2 atom stereocenters. The van der Waals surface area contributed by atoms with E-state index in [0.29, 0.717) is 37.7 Å². The van der Waals surface area contributed by atoms with E-state index in [1.54, 1.807) is 28.0 Å². The summed E-state index contributed by atoms with van der Waals surface area (Å²) in [5.74, 6) is -0.255. The Kier molecular flexibility index (Phi) is 5.87. The van der Waals surface area contributed by atoms with Gasteiger partial charge in [-0.05, 0) is 30.3 Å². The zero-order valence-electron chi connectivity index (χ0n) is 18.5. The number of halogens is 3. The summed E-state index contributed by atoms with van der Waals surface area (Å²) in [6.45, 7) is 1.42. The molecule has 0 bridgehead atoms. The van der Waals surface area contributed by atoms with Crippen LogP contribution in [0.4, 0.5) is 18.9 Å². The van der Waals surface area contributed by atoms with Crippen LogP contribution in [0.5, 0.6) is 11.5 Å². The zero-order valence-corrected chi connectivity index (χ0v) is 18.5. The van der Waals surface area contributed by atoms with Crippen molar-refractivity contribution in [2.75, 3.05) is 37.7 Å². The Morgan fingerprint density at radius 3 is 2.37 bits per heavy atom. The Morgan fingerprint density at radius 1 is 0.943 bits per heavy atom. The molecule has 8 nitrogen and oxygen atoms in total. The highest BCUT2D eigenvalue weighted by atomic mass is 19.4. The number of imide groups is 1. The molecule has 2 saturated heterocycles. The maximum Gasteiger partial charge on any atom is 0.416 e. The Bertz CT molecular complexity index is 1160. The van der Waals surface area contributed by atoms with Gasteiger partial charge in [0, 0.05) is 26.2 Å². The molecule has 3 aliphatic heterocycles. The molecule has 184 valence electrons. The van der Waals surface area contributed by atoms with Crippen molar-refractivity contribution in [1.82, 2.24) is 9.80 Å². The Morgan fingerprint density at radius 2 is 1.66 bits per heavy atom. The van der Waals surface area contributed by atoms with E-state index in [0.717, 1.165) is 17.0 Å². The summed E-state index contributed by atoms with van der Waals surface area (Å²) in [4.78, 5) is 42.8. The van der Waals surface area contributed by atoms with Gasteiger partial charge in [-0.15, -0.1) is 0 Å². The molecular weight excluding hydrogens is 467 g/mol. The minimum Gasteiger partial charge on any atom is -0.485 e. The number of piperazine rings is 1. The number of hydrogen-bond donors (Lipinski definition) is 0. The van der Waals surface area contributed by atoms with Gasteiger partial charge in [0.15, 0.2) is 11.5 Å². The first-order chi connectivity index (χ1) is 16.7. The van der Waals surface area contributed by atoms with Crippen LogP contribution in [0.15, 0.2) is 48.5 Å². The lowest BCUT2D eigenvalue weighted by molar-refractivity contribution is -0.143. The summed E-state index contributed by atoms with van der Waals surface area (Å²) in [5.41, 5.74) is -1.02. The van der Waals surface area contributed by atoms with Gasteiger partial charge in [0.25, 0.3) is 11.8 Å². The van der Waals surface area contributed by atoms with E-state index >= 15 is 0 Å². The first kappa shape index (κ1) is 23.2. The summed E-state index contributed by atoms with van der Waals surface area (Å²) in [6, 6.07) is 10.5. The first-order valence-corrected chi connectivity index (χ1v) is 11.2. The number of ether oxygens (including phenoxy) is 2. The fourth-order valence-corrected chi connectivity index (χ4v) is 4.59. The third kappa shape index (κ3) is 4.43. The second kappa shape index (κ2) is 8.88. The Hall–Kier alpha value is -3.60. The predicted octanol–water partition coefficient (Wildman–Crippen LogP) is 2.32. The van der Waals surface area contributed by atoms with E-state index in [-0.39, 0.29) is 24.6 Å². The molecule has 0 N–H and O–H groups in total. The van der Waals surface area contributed by atoms with Crippen molar-refractivity contribution in [2.24, 2.45) is 0 Å². The van der Waals surface area contributed by atoms with E-state index in [9.17, 15) is 27.6 Å². The number of rotatable bonds is 3. The highest BCUT2D eigenvalue weighted by Gasteiger charge is 2.44. The van der Waals surface area contributed by atoms with Crippen LogP contribution in [-0.4, -0.2) is 72.5 Å². The second-order valence-electron chi connectivity index (χ2n) is 8.56. The summed E-state index contributed by atoms with van der Waals surface area (Å²) in [6.07, 6.45) is -5.49. The minimum absolute atomic E-state index is 0.0949. The molecule has 3 aliphatic rings. The van der Waals surface area contributed by atoms with Crippen molar-refractivity contribution < 1.29 is 37.0 Å². The normalized spacial score (nSPS) is 23.1. The van der Waals surface area contributed by atoms with Crippen molar-refractivity contribution in [3.05, 3.63) is 54.1 Å². The number of nitrogens with zero attached hydrogens (tertiary/aromatic N) is 3. The molecule has 0 unspecified atom stereocenters. The highest BCUT2D eigenvalue weighted by Crippen LogP contribution is 2.34. The number of benzene rings is 2. The predicted molar refractivity (Wildman–Crippen MR) is 117 cm³/mol. The van der Waals surface area contributed by atoms with Crippen molar-refractivity contribution in [3.8, 4) is 11.5 Å². The lowest BCUT2D eigenvalue weighted by atomic mass is 10.1. The SMILES string of the molecule is O=C([C@H]1COc2ccccc2O1)N1CCN([C@@H]2CC(=O)N(c3cccc(C(F)(F)F)c3)C2=O)CC1. The number of amides is 3. The van der Waals surface area contributed by atoms with Crippen molar-refractivity contribution in [3.63, 3.8) is 0 Å². The lowest BCUT2D eigenvalue weighted by Gasteiger charge is -2.38. The molecule has 0 saturated carbocycles. The molecule has 2 fully saturated rings. The number of carbonyl (C=O) groups excluding carboxylic acids is 3. The van der Waals surface area contributed by atoms with Gasteiger partial charge >= 0.3 is 6.18 Å². The van der Waals surface area contributed by atoms with Gasteiger partial charge in [-0.3, -0.25) is 19.3 Å². The van der Waals surface area contributed by atoms with Crippen LogP contribution in [0.3, 0.4) is 0 Å². The second-order valence-corrected chi connectivity index (χ2v) is 8.56. The maximum absolute atomic E-state index is 13.1. The molecule has 5 rings (SSSR count). The van der Waals surface area contributed by atoms with Gasteiger partial charge in [-0.1, -0.05) is 18.2 Å². The molecule has 11 heteroatoms. The molecular formula is C24H22F3N3O5. The molecule has 3 heterocycles. The van der Waals surface area contributed by atoms with Crippen LogP contribution < -0.4 is 14.4 Å². The van der Waals surface area contributed by atoms with Gasteiger partial charge in [0.05, 0.1) is 23.7 Å². The molecule has 0 aliphatic carbocycles. The average molecular weight is 489 g/mol. The number of anilines is 1. The van der Waals surface area contributed by atoms with Crippen LogP contribution in [-0.2, 0) is 20.6 Å². The van der Waals surface area contributed by atoms with E-state index in [2.05, 4.69) is 0 Å². The summed E-state index contributed by atoms with van der Waals surface area (Å²) in [7, 11) is 0. The summed E-state index contributed by atoms with van der Waals surface area (Å²) in [5, 5.41) is 0. The van der Waals surface area contributed by atoms with Gasteiger partial charge in [-0.25, -0.2) is 4.90 Å². The molecule has 0 aromatic heterocycles. The fraction of sp³-hybridized carbons (Fsp3) is 0.375. The first-order valence-electron chi connectivity index (χ1n) is 11.2. The van der Waals surface area contributed by atoms with E-state index < -0.39 is 35.7 Å². The monoisotopic (exact) mass is 489 g/mol. The van der Waals surface area contributed by atoms with E-state index in [1.807, 2.05) is 6.07 Å². The van der Waals surface area contributed by atoms with Crippen molar-refractivity contribution in [2.45, 2.75) is 24.7 Å². The molecule has 35 heavy (non-hydrogen) atoms. The number of hydrogen-bond acceptors (Lipinski definition) is 6. The quantitative estimate of drug-likeness (QED) is 0.616. The molecule has 0 spiro atoms. The maximum atomic E-state index is 13.1. The molecule has 0 radical (unpaired) electrons. The number of para-hydroxylation sites is 2. The van der Waals surface area contributed by atoms with Crippen LogP contribution in [0, 0.1) is 0 Å². The Balaban J connectivity index is 1.21. The van der Waals surface area contributed by atoms with Crippen LogP contribution in [0.1, 0.15) is 12.0 Å². The largest absolute Gasteiger partial charge is 0.485 e. The van der Waals surface area contributed by atoms with Crippen LogP contribution >= 0.6 is 0 Å². The zero-order chi connectivity index (χ0) is 24.7. The standard InChI is InChI=1S/C24H22F3N3O5/c25-24(26,27)15-4-3-5-16(12-15)30-21(31)13-17(22(30)32)28-8-10-29(11-9-28)23(33)20-14-34-18-6-1-2-7-19(18)35-20/h1-7,12,17,20H,8-11,13-14H2/t17-,20-/m1/s1. The smallest absolute Gasteiger partial charge is 0.416 e. The number of alkyl halides is 3. The molecule has 2 aromatic rings. The van der Waals surface area contributed by atoms with Gasteiger partial charge in [-0.2, -0.15) is 13.2 Å². The molecule has 2 aromatic carbocycles. The fourth-order valence-electron chi connectivity index (χ4n) is 4.59. The molecule has 3 amide bonds. The minimum atomic E-state index is -4.58. The van der Waals surface area contributed by atoms with Crippen molar-refractivity contribution in [1.29, 1.82) is 0 Å². The van der Waals surface area contributed by atoms with Crippen LogP contribution in [0.25, 0.3) is 0 Å². The third-order valence-corrected chi connectivity index (χ3v) is 6.41.